The minimum atomic E-state index is -0.179. The number of amides is 2. The maximum atomic E-state index is 12.6. The van der Waals surface area contributed by atoms with E-state index >= 15 is 0 Å². The fourth-order valence-electron chi connectivity index (χ4n) is 3.86. The van der Waals surface area contributed by atoms with Gasteiger partial charge < -0.3 is 24.1 Å². The predicted molar refractivity (Wildman–Crippen MR) is 130 cm³/mol. The molecule has 0 saturated heterocycles. The summed E-state index contributed by atoms with van der Waals surface area (Å²) in [4.78, 5) is 26.5. The zero-order valence-electron chi connectivity index (χ0n) is 19.6. The molecule has 2 heterocycles. The minimum Gasteiger partial charge on any atom is -0.494 e. The molecule has 0 atom stereocenters. The third-order valence-corrected chi connectivity index (χ3v) is 5.80. The summed E-state index contributed by atoms with van der Waals surface area (Å²) in [5.74, 6) is 2.23. The number of carbonyl (C=O) groups excluding carboxylic acids is 2. The topological polar surface area (TPSA) is 81.0 Å². The Morgan fingerprint density at radius 2 is 1.85 bits per heavy atom. The molecular formula is C27H30N2O5. The maximum Gasteiger partial charge on any atom is 0.255 e. The Labute approximate surface area is 199 Å². The highest BCUT2D eigenvalue weighted by atomic mass is 16.5. The largest absolute Gasteiger partial charge is 0.494 e. The van der Waals surface area contributed by atoms with Gasteiger partial charge in [-0.3, -0.25) is 9.59 Å². The number of nitrogens with one attached hydrogen (secondary N) is 1. The summed E-state index contributed by atoms with van der Waals surface area (Å²) in [5.41, 5.74) is 3.20. The van der Waals surface area contributed by atoms with E-state index in [4.69, 9.17) is 13.9 Å². The van der Waals surface area contributed by atoms with Gasteiger partial charge in [-0.25, -0.2) is 0 Å². The fraction of sp³-hybridized carbons (Fsp3) is 0.333. The van der Waals surface area contributed by atoms with Gasteiger partial charge in [0.25, 0.3) is 5.91 Å². The van der Waals surface area contributed by atoms with Gasteiger partial charge in [-0.1, -0.05) is 13.3 Å². The quantitative estimate of drug-likeness (QED) is 0.457. The Balaban J connectivity index is 1.36. The van der Waals surface area contributed by atoms with Crippen molar-refractivity contribution in [3.05, 3.63) is 71.5 Å². The van der Waals surface area contributed by atoms with Crippen LogP contribution in [-0.4, -0.2) is 43.6 Å². The number of fused-ring (bicyclic) bond motifs is 1. The number of furan rings is 1. The van der Waals surface area contributed by atoms with Crippen molar-refractivity contribution < 1.29 is 23.5 Å². The van der Waals surface area contributed by atoms with Crippen LogP contribution in [0.3, 0.4) is 0 Å². The number of unbranched alkanes of at least 4 members (excludes halogenated alkanes) is 1. The zero-order chi connectivity index (χ0) is 23.9. The van der Waals surface area contributed by atoms with E-state index in [1.165, 1.54) is 7.11 Å². The molecule has 178 valence electrons. The van der Waals surface area contributed by atoms with Crippen molar-refractivity contribution in [1.29, 1.82) is 0 Å². The standard InChI is InChI=1S/C27H30N2O5/c1-3-4-15-33-23-11-7-20(8-12-23)27(31)28-22-9-5-19(6-10-22)25-16-21-17-29(26(30)18-32-2)14-13-24(21)34-25/h5-12,16H,3-4,13-15,17-18H2,1-2H3,(H,28,31). The van der Waals surface area contributed by atoms with Crippen LogP contribution in [-0.2, 0) is 22.5 Å². The zero-order valence-corrected chi connectivity index (χ0v) is 19.6. The molecule has 0 radical (unpaired) electrons. The van der Waals surface area contributed by atoms with Crippen molar-refractivity contribution in [3.8, 4) is 17.1 Å². The lowest BCUT2D eigenvalue weighted by Gasteiger charge is -2.25. The van der Waals surface area contributed by atoms with Crippen molar-refractivity contribution in [1.82, 2.24) is 4.90 Å². The molecule has 1 aliphatic heterocycles. The highest BCUT2D eigenvalue weighted by Gasteiger charge is 2.24. The van der Waals surface area contributed by atoms with Gasteiger partial charge in [-0.15, -0.1) is 0 Å². The van der Waals surface area contributed by atoms with Crippen LogP contribution in [0.4, 0.5) is 5.69 Å². The first kappa shape index (κ1) is 23.6. The first-order chi connectivity index (χ1) is 16.6. The molecule has 0 spiro atoms. The summed E-state index contributed by atoms with van der Waals surface area (Å²) < 4.78 is 16.7. The number of hydrogen-bond acceptors (Lipinski definition) is 5. The van der Waals surface area contributed by atoms with Crippen molar-refractivity contribution in [2.75, 3.05) is 32.2 Å². The van der Waals surface area contributed by atoms with Crippen LogP contribution in [0.1, 0.15) is 41.4 Å². The lowest BCUT2D eigenvalue weighted by Crippen LogP contribution is -2.37. The van der Waals surface area contributed by atoms with E-state index in [1.807, 2.05) is 42.5 Å². The molecule has 3 aromatic rings. The molecule has 0 aliphatic carbocycles. The second-order valence-corrected chi connectivity index (χ2v) is 8.32. The predicted octanol–water partition coefficient (Wildman–Crippen LogP) is 4.91. The van der Waals surface area contributed by atoms with Gasteiger partial charge in [0.2, 0.25) is 5.91 Å². The summed E-state index contributed by atoms with van der Waals surface area (Å²) in [6, 6.07) is 16.7. The molecule has 4 rings (SSSR count). The number of nitrogens with zero attached hydrogens (tertiary/aromatic N) is 1. The number of carbonyl (C=O) groups is 2. The monoisotopic (exact) mass is 462 g/mol. The van der Waals surface area contributed by atoms with Gasteiger partial charge in [0.1, 0.15) is 23.9 Å². The third-order valence-electron chi connectivity index (χ3n) is 5.80. The Kier molecular flexibility index (Phi) is 7.65. The van der Waals surface area contributed by atoms with Crippen molar-refractivity contribution in [3.63, 3.8) is 0 Å². The van der Waals surface area contributed by atoms with Crippen LogP contribution >= 0.6 is 0 Å². The van der Waals surface area contributed by atoms with Crippen molar-refractivity contribution >= 4 is 17.5 Å². The van der Waals surface area contributed by atoms with E-state index in [9.17, 15) is 9.59 Å². The van der Waals surface area contributed by atoms with E-state index in [0.717, 1.165) is 41.2 Å². The van der Waals surface area contributed by atoms with Gasteiger partial charge in [0.05, 0.1) is 6.61 Å². The van der Waals surface area contributed by atoms with Crippen LogP contribution in [0.15, 0.2) is 59.0 Å². The van der Waals surface area contributed by atoms with Crippen LogP contribution in [0.5, 0.6) is 5.75 Å². The molecule has 34 heavy (non-hydrogen) atoms. The summed E-state index contributed by atoms with van der Waals surface area (Å²) >= 11 is 0. The molecule has 1 aromatic heterocycles. The van der Waals surface area contributed by atoms with Crippen molar-refractivity contribution in [2.24, 2.45) is 0 Å². The van der Waals surface area contributed by atoms with E-state index in [-0.39, 0.29) is 18.4 Å². The van der Waals surface area contributed by atoms with Gasteiger partial charge in [0.15, 0.2) is 0 Å². The molecule has 0 unspecified atom stereocenters. The molecule has 0 bridgehead atoms. The van der Waals surface area contributed by atoms with E-state index in [2.05, 4.69) is 12.2 Å². The number of hydrogen-bond donors (Lipinski definition) is 1. The van der Waals surface area contributed by atoms with Gasteiger partial charge in [0, 0.05) is 49.0 Å². The van der Waals surface area contributed by atoms with Crippen LogP contribution in [0.2, 0.25) is 0 Å². The Bertz CT molecular complexity index is 1120. The molecule has 7 nitrogen and oxygen atoms in total. The summed E-state index contributed by atoms with van der Waals surface area (Å²) in [6.07, 6.45) is 2.77. The molecule has 0 saturated carbocycles. The highest BCUT2D eigenvalue weighted by molar-refractivity contribution is 6.04. The lowest BCUT2D eigenvalue weighted by molar-refractivity contribution is -0.136. The fourth-order valence-corrected chi connectivity index (χ4v) is 3.86. The normalized spacial score (nSPS) is 12.8. The Morgan fingerprint density at radius 3 is 2.56 bits per heavy atom. The summed E-state index contributed by atoms with van der Waals surface area (Å²) in [7, 11) is 1.52. The Hall–Kier alpha value is -3.58. The third kappa shape index (κ3) is 5.66. The highest BCUT2D eigenvalue weighted by Crippen LogP contribution is 2.30. The SMILES string of the molecule is CCCCOc1ccc(C(=O)Nc2ccc(-c3cc4c(o3)CCN(C(=O)COC)C4)cc2)cc1. The first-order valence-corrected chi connectivity index (χ1v) is 11.6. The van der Waals surface area contributed by atoms with E-state index < -0.39 is 0 Å². The van der Waals surface area contributed by atoms with Crippen LogP contribution in [0.25, 0.3) is 11.3 Å². The summed E-state index contributed by atoms with van der Waals surface area (Å²) in [6.45, 7) is 4.03. The molecule has 1 aliphatic rings. The molecule has 2 amide bonds. The number of anilines is 1. The molecule has 0 fully saturated rings. The lowest BCUT2D eigenvalue weighted by atomic mass is 10.1. The number of ether oxygens (including phenoxy) is 2. The van der Waals surface area contributed by atoms with Crippen LogP contribution in [0, 0.1) is 0 Å². The Morgan fingerprint density at radius 1 is 1.09 bits per heavy atom. The number of rotatable bonds is 9. The second kappa shape index (κ2) is 11.0. The second-order valence-electron chi connectivity index (χ2n) is 8.32. The van der Waals surface area contributed by atoms with Crippen molar-refractivity contribution in [2.45, 2.75) is 32.7 Å². The van der Waals surface area contributed by atoms with Gasteiger partial charge >= 0.3 is 0 Å². The average molecular weight is 463 g/mol. The number of benzene rings is 2. The average Bonchev–Trinajstić information content (AvgIpc) is 3.29. The molecular weight excluding hydrogens is 432 g/mol. The van der Waals surface area contributed by atoms with E-state index in [1.54, 1.807) is 17.0 Å². The molecule has 7 heteroatoms. The number of methoxy groups -OCH3 is 1. The van der Waals surface area contributed by atoms with E-state index in [0.29, 0.717) is 37.4 Å². The molecule has 1 N–H and O–H groups in total. The van der Waals surface area contributed by atoms with Gasteiger partial charge in [-0.2, -0.15) is 0 Å². The first-order valence-electron chi connectivity index (χ1n) is 11.6. The smallest absolute Gasteiger partial charge is 0.255 e. The molecule has 2 aromatic carbocycles. The maximum absolute atomic E-state index is 12.6. The summed E-state index contributed by atoms with van der Waals surface area (Å²) in [5, 5.41) is 2.92. The van der Waals surface area contributed by atoms with Crippen LogP contribution < -0.4 is 10.1 Å². The minimum absolute atomic E-state index is 0.0188. The van der Waals surface area contributed by atoms with Gasteiger partial charge in [-0.05, 0) is 61.0 Å².